The first-order valence-corrected chi connectivity index (χ1v) is 14.3. The fourth-order valence-corrected chi connectivity index (χ4v) is 5.22. The van der Waals surface area contributed by atoms with Gasteiger partial charge in [0.15, 0.2) is 5.78 Å². The number of benzene rings is 1. The number of Topliss-reactive ketones (excluding diaryl/α,β-unsaturated/α-hetero) is 1. The van der Waals surface area contributed by atoms with Crippen LogP contribution in [0.2, 0.25) is 0 Å². The van der Waals surface area contributed by atoms with Gasteiger partial charge < -0.3 is 4.90 Å². The van der Waals surface area contributed by atoms with Gasteiger partial charge in [-0.25, -0.2) is 4.68 Å². The van der Waals surface area contributed by atoms with Crippen molar-refractivity contribution >= 4 is 11.5 Å². The molecule has 0 amide bonds. The molecule has 5 rings (SSSR count). The zero-order valence-electron chi connectivity index (χ0n) is 25.3. The first kappa shape index (κ1) is 29.1. The van der Waals surface area contributed by atoms with E-state index in [4.69, 9.17) is 0 Å². The van der Waals surface area contributed by atoms with Gasteiger partial charge in [0, 0.05) is 61.7 Å². The SMILES string of the molecule is Cc1ncc(CC(=O)c2cccc(C(C)(C)C#N)c2)cc1-n1cc(-c2cncc(N3CCN(C(C)(C)C)CC3)c2)nn1. The largest absolute Gasteiger partial charge is 0.368 e. The number of pyridine rings is 2. The van der Waals surface area contributed by atoms with Crippen molar-refractivity contribution in [2.45, 2.75) is 58.9 Å². The van der Waals surface area contributed by atoms with Crippen LogP contribution in [0.25, 0.3) is 16.9 Å². The van der Waals surface area contributed by atoms with Gasteiger partial charge in [0.05, 0.1) is 40.9 Å². The normalized spacial score (nSPS) is 14.5. The lowest BCUT2D eigenvalue weighted by molar-refractivity contribution is 0.0992. The molecule has 4 heterocycles. The van der Waals surface area contributed by atoms with Crippen LogP contribution in [0.15, 0.2) is 61.2 Å². The molecule has 1 aliphatic heterocycles. The summed E-state index contributed by atoms with van der Waals surface area (Å²) < 4.78 is 1.70. The number of rotatable bonds is 7. The van der Waals surface area contributed by atoms with E-state index in [9.17, 15) is 10.1 Å². The third kappa shape index (κ3) is 6.24. The van der Waals surface area contributed by atoms with Crippen LogP contribution < -0.4 is 4.90 Å². The molecule has 42 heavy (non-hydrogen) atoms. The smallest absolute Gasteiger partial charge is 0.167 e. The maximum atomic E-state index is 13.2. The van der Waals surface area contributed by atoms with E-state index >= 15 is 0 Å². The summed E-state index contributed by atoms with van der Waals surface area (Å²) in [6.45, 7) is 16.3. The molecule has 0 bridgehead atoms. The molecule has 4 aromatic rings. The van der Waals surface area contributed by atoms with Gasteiger partial charge in [0.2, 0.25) is 0 Å². The molecular weight excluding hydrogens is 524 g/mol. The van der Waals surface area contributed by atoms with Gasteiger partial charge in [-0.2, -0.15) is 5.26 Å². The summed E-state index contributed by atoms with van der Waals surface area (Å²) in [5, 5.41) is 18.3. The lowest BCUT2D eigenvalue weighted by Gasteiger charge is -2.43. The highest BCUT2D eigenvalue weighted by Gasteiger charge is 2.26. The second kappa shape index (κ2) is 11.5. The molecular formula is C33H38N8O. The third-order valence-corrected chi connectivity index (χ3v) is 8.02. The molecule has 0 atom stereocenters. The standard InChI is InChI=1S/C33H38N8O/c1-23-30(14-24(18-36-23)15-31(42)25-8-7-9-27(16-25)33(5,6)22-34)41-21-29(37-38-41)26-17-28(20-35-19-26)39-10-12-40(13-11-39)32(2,3)4/h7-9,14,16-21H,10-13,15H2,1-6H3. The number of hydrogen-bond donors (Lipinski definition) is 0. The minimum atomic E-state index is -0.671. The Labute approximate surface area is 247 Å². The summed E-state index contributed by atoms with van der Waals surface area (Å²) >= 11 is 0. The Morgan fingerprint density at radius 1 is 1.00 bits per heavy atom. The predicted molar refractivity (Wildman–Crippen MR) is 164 cm³/mol. The van der Waals surface area contributed by atoms with Crippen molar-refractivity contribution in [3.63, 3.8) is 0 Å². The predicted octanol–water partition coefficient (Wildman–Crippen LogP) is 5.18. The second-order valence-corrected chi connectivity index (χ2v) is 12.5. The van der Waals surface area contributed by atoms with Crippen molar-refractivity contribution in [3.05, 3.63) is 83.6 Å². The van der Waals surface area contributed by atoms with Gasteiger partial charge in [-0.3, -0.25) is 19.7 Å². The van der Waals surface area contributed by atoms with Gasteiger partial charge in [-0.05, 0) is 70.9 Å². The minimum Gasteiger partial charge on any atom is -0.368 e. The molecule has 0 spiro atoms. The van der Waals surface area contributed by atoms with Crippen molar-refractivity contribution in [1.82, 2.24) is 29.9 Å². The Morgan fingerprint density at radius 3 is 2.48 bits per heavy atom. The Kier molecular flexibility index (Phi) is 7.93. The lowest BCUT2D eigenvalue weighted by Crippen LogP contribution is -2.53. The molecule has 9 nitrogen and oxygen atoms in total. The summed E-state index contributed by atoms with van der Waals surface area (Å²) in [6, 6.07) is 13.7. The quantitative estimate of drug-likeness (QED) is 0.284. The molecule has 0 saturated carbocycles. The molecule has 1 fully saturated rings. The summed E-state index contributed by atoms with van der Waals surface area (Å²) in [6.07, 6.45) is 7.51. The second-order valence-electron chi connectivity index (χ2n) is 12.5. The fourth-order valence-electron chi connectivity index (χ4n) is 5.22. The molecule has 1 aliphatic rings. The Balaban J connectivity index is 1.33. The van der Waals surface area contributed by atoms with Crippen molar-refractivity contribution in [2.75, 3.05) is 31.1 Å². The van der Waals surface area contributed by atoms with Gasteiger partial charge in [0.1, 0.15) is 5.69 Å². The lowest BCUT2D eigenvalue weighted by atomic mass is 9.85. The van der Waals surface area contributed by atoms with Crippen LogP contribution in [-0.4, -0.2) is 67.4 Å². The molecule has 0 aliphatic carbocycles. The highest BCUT2D eigenvalue weighted by molar-refractivity contribution is 5.97. The van der Waals surface area contributed by atoms with Gasteiger partial charge >= 0.3 is 0 Å². The van der Waals surface area contributed by atoms with Crippen LogP contribution in [0.5, 0.6) is 0 Å². The number of ketones is 1. The Hall–Kier alpha value is -4.42. The first-order chi connectivity index (χ1) is 19.9. The van der Waals surface area contributed by atoms with E-state index in [0.717, 1.165) is 65.6 Å². The van der Waals surface area contributed by atoms with Crippen molar-refractivity contribution in [3.8, 4) is 23.0 Å². The monoisotopic (exact) mass is 562 g/mol. The average molecular weight is 563 g/mol. The molecule has 3 aromatic heterocycles. The van der Waals surface area contributed by atoms with Crippen LogP contribution in [-0.2, 0) is 11.8 Å². The molecule has 0 unspecified atom stereocenters. The number of nitrogens with zero attached hydrogens (tertiary/aromatic N) is 8. The number of nitriles is 1. The Bertz CT molecular complexity index is 1630. The summed E-state index contributed by atoms with van der Waals surface area (Å²) in [5.74, 6) is -0.0345. The number of piperazine rings is 1. The number of carbonyl (C=O) groups is 1. The topological polar surface area (TPSA) is 104 Å². The van der Waals surface area contributed by atoms with Gasteiger partial charge in [-0.15, -0.1) is 5.10 Å². The van der Waals surface area contributed by atoms with E-state index in [2.05, 4.69) is 63.0 Å². The zero-order chi connectivity index (χ0) is 30.1. The molecule has 1 aromatic carbocycles. The van der Waals surface area contributed by atoms with E-state index in [0.29, 0.717) is 5.56 Å². The number of hydrogen-bond acceptors (Lipinski definition) is 8. The van der Waals surface area contributed by atoms with Crippen LogP contribution in [0.1, 0.15) is 61.8 Å². The highest BCUT2D eigenvalue weighted by atomic mass is 16.1. The number of aryl methyl sites for hydroxylation is 1. The molecule has 0 radical (unpaired) electrons. The van der Waals surface area contributed by atoms with Crippen LogP contribution >= 0.6 is 0 Å². The summed E-state index contributed by atoms with van der Waals surface area (Å²) in [7, 11) is 0. The number of aromatic nitrogens is 5. The van der Waals surface area contributed by atoms with Gasteiger partial charge in [0.25, 0.3) is 0 Å². The molecule has 1 saturated heterocycles. The maximum Gasteiger partial charge on any atom is 0.167 e. The number of carbonyl (C=O) groups excluding carboxylic acids is 1. The zero-order valence-corrected chi connectivity index (χ0v) is 25.3. The number of anilines is 1. The molecule has 216 valence electrons. The summed E-state index contributed by atoms with van der Waals surface area (Å²) in [4.78, 5) is 27.1. The van der Waals surface area contributed by atoms with Crippen molar-refractivity contribution in [1.29, 1.82) is 5.26 Å². The average Bonchev–Trinajstić information content (AvgIpc) is 3.48. The summed E-state index contributed by atoms with van der Waals surface area (Å²) in [5.41, 5.74) is 5.91. The first-order valence-electron chi connectivity index (χ1n) is 14.3. The maximum absolute atomic E-state index is 13.2. The van der Waals surface area contributed by atoms with Crippen molar-refractivity contribution < 1.29 is 4.79 Å². The van der Waals surface area contributed by atoms with Crippen LogP contribution in [0, 0.1) is 18.3 Å². The third-order valence-electron chi connectivity index (χ3n) is 8.02. The van der Waals surface area contributed by atoms with Crippen LogP contribution in [0.3, 0.4) is 0 Å². The highest BCUT2D eigenvalue weighted by Crippen LogP contribution is 2.26. The van der Waals surface area contributed by atoms with E-state index in [1.807, 2.05) is 63.6 Å². The minimum absolute atomic E-state index is 0.0345. The van der Waals surface area contributed by atoms with E-state index in [1.54, 1.807) is 16.9 Å². The van der Waals surface area contributed by atoms with E-state index < -0.39 is 5.41 Å². The van der Waals surface area contributed by atoms with Gasteiger partial charge in [-0.1, -0.05) is 23.4 Å². The van der Waals surface area contributed by atoms with Crippen molar-refractivity contribution in [2.24, 2.45) is 0 Å². The molecule has 0 N–H and O–H groups in total. The Morgan fingerprint density at radius 2 is 1.76 bits per heavy atom. The fraction of sp³-hybridized carbons (Fsp3) is 0.394. The van der Waals surface area contributed by atoms with E-state index in [-0.39, 0.29) is 17.7 Å². The van der Waals surface area contributed by atoms with Crippen LogP contribution in [0.4, 0.5) is 5.69 Å². The molecule has 9 heteroatoms. The van der Waals surface area contributed by atoms with E-state index in [1.165, 1.54) is 0 Å².